The largest absolute Gasteiger partial charge is 0.497 e. The molecule has 0 spiro atoms. The quantitative estimate of drug-likeness (QED) is 0.412. The topological polar surface area (TPSA) is 79.5 Å². The first-order valence-electron chi connectivity index (χ1n) is 10.7. The lowest BCUT2D eigenvalue weighted by Crippen LogP contribution is -2.48. The third-order valence-electron chi connectivity index (χ3n) is 5.07. The van der Waals surface area contributed by atoms with Crippen LogP contribution in [0, 0.1) is 12.7 Å². The summed E-state index contributed by atoms with van der Waals surface area (Å²) in [6.45, 7) is 2.74. The zero-order valence-corrected chi connectivity index (χ0v) is 18.7. The van der Waals surface area contributed by atoms with Gasteiger partial charge in [-0.3, -0.25) is 9.59 Å². The van der Waals surface area contributed by atoms with Crippen molar-refractivity contribution in [3.63, 3.8) is 0 Å². The van der Waals surface area contributed by atoms with Crippen LogP contribution in [0.4, 0.5) is 10.1 Å². The smallest absolute Gasteiger partial charge is 0.251 e. The van der Waals surface area contributed by atoms with Crippen molar-refractivity contribution in [2.24, 2.45) is 0 Å². The van der Waals surface area contributed by atoms with Crippen molar-refractivity contribution in [2.75, 3.05) is 25.5 Å². The molecule has 1 unspecified atom stereocenters. The van der Waals surface area contributed by atoms with Crippen LogP contribution in [-0.2, 0) is 11.2 Å². The first-order chi connectivity index (χ1) is 15.9. The average Bonchev–Trinajstić information content (AvgIpc) is 2.81. The number of benzene rings is 3. The van der Waals surface area contributed by atoms with Crippen LogP contribution in [0.2, 0.25) is 0 Å². The summed E-state index contributed by atoms with van der Waals surface area (Å²) in [5, 5.41) is 8.85. The molecule has 0 aliphatic carbocycles. The van der Waals surface area contributed by atoms with Crippen molar-refractivity contribution >= 4 is 17.5 Å². The predicted octanol–water partition coefficient (Wildman–Crippen LogP) is 3.71. The number of anilines is 1. The molecule has 0 saturated carbocycles. The fourth-order valence-electron chi connectivity index (χ4n) is 3.36. The summed E-state index contributed by atoms with van der Waals surface area (Å²) in [7, 11) is 1.61. The molecule has 3 rings (SSSR count). The molecule has 0 aliphatic heterocycles. The lowest BCUT2D eigenvalue weighted by atomic mass is 10.0. The van der Waals surface area contributed by atoms with Crippen molar-refractivity contribution in [1.82, 2.24) is 10.6 Å². The highest BCUT2D eigenvalue weighted by atomic mass is 19.1. The van der Waals surface area contributed by atoms with Gasteiger partial charge in [0.1, 0.15) is 17.6 Å². The van der Waals surface area contributed by atoms with Gasteiger partial charge >= 0.3 is 0 Å². The molecular weight excluding hydrogens is 421 g/mol. The number of carbonyl (C=O) groups excluding carboxylic acids is 2. The number of hydrogen-bond acceptors (Lipinski definition) is 4. The van der Waals surface area contributed by atoms with Crippen molar-refractivity contribution in [1.29, 1.82) is 0 Å². The number of rotatable bonds is 10. The van der Waals surface area contributed by atoms with Gasteiger partial charge in [0.25, 0.3) is 5.91 Å². The van der Waals surface area contributed by atoms with Crippen molar-refractivity contribution in [2.45, 2.75) is 19.4 Å². The third-order valence-corrected chi connectivity index (χ3v) is 5.07. The second kappa shape index (κ2) is 11.7. The van der Waals surface area contributed by atoms with E-state index in [0.717, 1.165) is 17.0 Å². The van der Waals surface area contributed by atoms with E-state index < -0.39 is 6.04 Å². The van der Waals surface area contributed by atoms with Gasteiger partial charge in [0.2, 0.25) is 5.91 Å². The lowest BCUT2D eigenvalue weighted by molar-refractivity contribution is -0.122. The zero-order chi connectivity index (χ0) is 23.6. The van der Waals surface area contributed by atoms with E-state index in [4.69, 9.17) is 4.74 Å². The molecule has 0 heterocycles. The van der Waals surface area contributed by atoms with Crippen LogP contribution in [0.5, 0.6) is 5.75 Å². The fourth-order valence-corrected chi connectivity index (χ4v) is 3.36. The van der Waals surface area contributed by atoms with Gasteiger partial charge in [0.15, 0.2) is 0 Å². The maximum atomic E-state index is 13.6. The Morgan fingerprint density at radius 1 is 0.970 bits per heavy atom. The van der Waals surface area contributed by atoms with Gasteiger partial charge in [-0.1, -0.05) is 29.8 Å². The Balaban J connectivity index is 1.61. The molecule has 172 valence electrons. The molecule has 3 N–H and O–H groups in total. The number of hydrogen-bond donors (Lipinski definition) is 3. The minimum Gasteiger partial charge on any atom is -0.497 e. The molecule has 0 aliphatic rings. The number of ether oxygens (including phenoxy) is 1. The highest BCUT2D eigenvalue weighted by molar-refractivity contribution is 5.97. The number of aryl methyl sites for hydroxylation is 1. The Kier molecular flexibility index (Phi) is 8.41. The van der Waals surface area contributed by atoms with Gasteiger partial charge in [-0.2, -0.15) is 0 Å². The van der Waals surface area contributed by atoms with E-state index in [1.54, 1.807) is 37.4 Å². The van der Waals surface area contributed by atoms with Gasteiger partial charge in [-0.05, 0) is 61.0 Å². The van der Waals surface area contributed by atoms with Crippen molar-refractivity contribution in [3.8, 4) is 5.75 Å². The standard InChI is InChI=1S/C26H28FN3O3/c1-18-5-3-7-20(15-18)25(31)30-24(17-19-6-4-8-21(27)16-19)26(32)29-14-13-28-22-9-11-23(33-2)12-10-22/h3-12,15-16,24,28H,13-14,17H2,1-2H3,(H,29,32)(H,30,31). The Labute approximate surface area is 193 Å². The van der Waals surface area contributed by atoms with Gasteiger partial charge in [-0.25, -0.2) is 4.39 Å². The summed E-state index contributed by atoms with van der Waals surface area (Å²) >= 11 is 0. The van der Waals surface area contributed by atoms with E-state index >= 15 is 0 Å². The summed E-state index contributed by atoms with van der Waals surface area (Å²) in [4.78, 5) is 25.6. The minimum atomic E-state index is -0.846. The van der Waals surface area contributed by atoms with Gasteiger partial charge in [0, 0.05) is 30.8 Å². The molecule has 0 saturated heterocycles. The van der Waals surface area contributed by atoms with Crippen LogP contribution in [0.25, 0.3) is 0 Å². The monoisotopic (exact) mass is 449 g/mol. The number of carbonyl (C=O) groups is 2. The number of amides is 2. The van der Waals surface area contributed by atoms with E-state index in [1.807, 2.05) is 37.3 Å². The van der Waals surface area contributed by atoms with Crippen LogP contribution in [-0.4, -0.2) is 38.1 Å². The van der Waals surface area contributed by atoms with E-state index in [2.05, 4.69) is 16.0 Å². The van der Waals surface area contributed by atoms with Crippen molar-refractivity contribution < 1.29 is 18.7 Å². The summed E-state index contributed by atoms with van der Waals surface area (Å²) in [5.74, 6) is -0.317. The minimum absolute atomic E-state index is 0.174. The molecule has 0 fully saturated rings. The molecule has 6 nitrogen and oxygen atoms in total. The highest BCUT2D eigenvalue weighted by Crippen LogP contribution is 2.14. The van der Waals surface area contributed by atoms with E-state index in [0.29, 0.717) is 24.2 Å². The van der Waals surface area contributed by atoms with Crippen LogP contribution in [0.15, 0.2) is 72.8 Å². The molecule has 3 aromatic rings. The Morgan fingerprint density at radius 2 is 1.73 bits per heavy atom. The molecule has 1 atom stereocenters. The molecule has 0 bridgehead atoms. The highest BCUT2D eigenvalue weighted by Gasteiger charge is 2.22. The van der Waals surface area contributed by atoms with Gasteiger partial charge < -0.3 is 20.7 Å². The van der Waals surface area contributed by atoms with Crippen LogP contribution in [0.1, 0.15) is 21.5 Å². The SMILES string of the molecule is COc1ccc(NCCNC(=O)C(Cc2cccc(F)c2)NC(=O)c2cccc(C)c2)cc1. The summed E-state index contributed by atoms with van der Waals surface area (Å²) in [6, 6.07) is 19.8. The molecule has 2 amide bonds. The van der Waals surface area contributed by atoms with Crippen LogP contribution >= 0.6 is 0 Å². The Hall–Kier alpha value is -3.87. The normalized spacial score (nSPS) is 11.4. The zero-order valence-electron chi connectivity index (χ0n) is 18.7. The number of methoxy groups -OCH3 is 1. The summed E-state index contributed by atoms with van der Waals surface area (Å²) in [6.07, 6.45) is 0.174. The number of nitrogens with one attached hydrogen (secondary N) is 3. The number of halogens is 1. The molecule has 33 heavy (non-hydrogen) atoms. The maximum Gasteiger partial charge on any atom is 0.251 e. The molecular formula is C26H28FN3O3. The molecule has 7 heteroatoms. The predicted molar refractivity (Wildman–Crippen MR) is 127 cm³/mol. The van der Waals surface area contributed by atoms with Crippen molar-refractivity contribution in [3.05, 3.63) is 95.3 Å². The summed E-state index contributed by atoms with van der Waals surface area (Å²) < 4.78 is 18.8. The molecule has 0 aromatic heterocycles. The molecule has 3 aromatic carbocycles. The van der Waals surface area contributed by atoms with E-state index in [9.17, 15) is 14.0 Å². The first-order valence-corrected chi connectivity index (χ1v) is 10.7. The Bertz CT molecular complexity index is 1090. The Morgan fingerprint density at radius 3 is 2.42 bits per heavy atom. The van der Waals surface area contributed by atoms with Gasteiger partial charge in [0.05, 0.1) is 7.11 Å². The lowest BCUT2D eigenvalue weighted by Gasteiger charge is -2.19. The van der Waals surface area contributed by atoms with Gasteiger partial charge in [-0.15, -0.1) is 0 Å². The third kappa shape index (κ3) is 7.35. The van der Waals surface area contributed by atoms with E-state index in [1.165, 1.54) is 12.1 Å². The fraction of sp³-hybridized carbons (Fsp3) is 0.231. The molecule has 0 radical (unpaired) electrons. The first kappa shape index (κ1) is 23.8. The second-order valence-electron chi connectivity index (χ2n) is 7.68. The van der Waals surface area contributed by atoms with Crippen LogP contribution < -0.4 is 20.7 Å². The maximum absolute atomic E-state index is 13.6. The second-order valence-corrected chi connectivity index (χ2v) is 7.68. The summed E-state index contributed by atoms with van der Waals surface area (Å²) in [5.41, 5.74) is 2.93. The van der Waals surface area contributed by atoms with E-state index in [-0.39, 0.29) is 24.1 Å². The van der Waals surface area contributed by atoms with Crippen LogP contribution in [0.3, 0.4) is 0 Å². The average molecular weight is 450 g/mol.